The molecule has 2 heterocycles. The summed E-state index contributed by atoms with van der Waals surface area (Å²) in [5.74, 6) is 0.0813. The molecule has 21 heavy (non-hydrogen) atoms. The number of fused-ring (bicyclic) bond motifs is 1. The van der Waals surface area contributed by atoms with Crippen LogP contribution in [0.4, 0.5) is 0 Å². The third-order valence-corrected chi connectivity index (χ3v) is 3.45. The van der Waals surface area contributed by atoms with Crippen molar-refractivity contribution in [2.24, 2.45) is 0 Å². The number of hydrogen-bond donors (Lipinski definition) is 1. The van der Waals surface area contributed by atoms with Crippen LogP contribution in [-0.2, 0) is 9.53 Å². The number of ether oxygens (including phenoxy) is 3. The molecule has 0 spiro atoms. The Morgan fingerprint density at radius 2 is 2.10 bits per heavy atom. The van der Waals surface area contributed by atoms with E-state index in [4.69, 9.17) is 19.3 Å². The highest BCUT2D eigenvalue weighted by molar-refractivity contribution is 5.95. The van der Waals surface area contributed by atoms with Gasteiger partial charge in [0.05, 0.1) is 19.1 Å². The van der Waals surface area contributed by atoms with Crippen molar-refractivity contribution in [3.63, 3.8) is 0 Å². The Bertz CT molecular complexity index is 573. The van der Waals surface area contributed by atoms with Gasteiger partial charge in [-0.3, -0.25) is 9.59 Å². The van der Waals surface area contributed by atoms with Crippen molar-refractivity contribution in [3.8, 4) is 11.5 Å². The summed E-state index contributed by atoms with van der Waals surface area (Å²) in [4.78, 5) is 24.8. The molecule has 0 aliphatic carbocycles. The standard InChI is InChI=1S/C14H15NO6/c16-13(17)6-10-7-15(3-4-19-10)14(18)9-1-2-11-12(5-9)21-8-20-11/h1-2,5,10H,3-4,6-8H2,(H,16,17). The fraction of sp³-hybridized carbons (Fsp3) is 0.429. The van der Waals surface area contributed by atoms with Crippen molar-refractivity contribution in [1.82, 2.24) is 4.90 Å². The lowest BCUT2D eigenvalue weighted by molar-refractivity contribution is -0.141. The van der Waals surface area contributed by atoms with Gasteiger partial charge in [0.25, 0.3) is 5.91 Å². The highest BCUT2D eigenvalue weighted by Gasteiger charge is 2.27. The van der Waals surface area contributed by atoms with Crippen molar-refractivity contribution >= 4 is 11.9 Å². The van der Waals surface area contributed by atoms with Gasteiger partial charge in [-0.15, -0.1) is 0 Å². The SMILES string of the molecule is O=C(O)CC1CN(C(=O)c2ccc3c(c2)OCO3)CCO1. The van der Waals surface area contributed by atoms with E-state index in [-0.39, 0.29) is 25.7 Å². The Labute approximate surface area is 121 Å². The first-order valence-corrected chi connectivity index (χ1v) is 6.66. The molecule has 1 aromatic rings. The number of carbonyl (C=O) groups is 2. The van der Waals surface area contributed by atoms with Crippen LogP contribution in [0.25, 0.3) is 0 Å². The summed E-state index contributed by atoms with van der Waals surface area (Å²) >= 11 is 0. The van der Waals surface area contributed by atoms with Crippen LogP contribution in [0.1, 0.15) is 16.8 Å². The maximum absolute atomic E-state index is 12.5. The molecule has 7 nitrogen and oxygen atoms in total. The van der Waals surface area contributed by atoms with E-state index >= 15 is 0 Å². The number of nitrogens with zero attached hydrogens (tertiary/aromatic N) is 1. The molecule has 0 radical (unpaired) electrons. The van der Waals surface area contributed by atoms with Crippen LogP contribution < -0.4 is 9.47 Å². The highest BCUT2D eigenvalue weighted by Crippen LogP contribution is 2.32. The Hall–Kier alpha value is -2.28. The molecule has 1 atom stereocenters. The molecular weight excluding hydrogens is 278 g/mol. The number of carboxylic acids is 1. The molecular formula is C14H15NO6. The van der Waals surface area contributed by atoms with Gasteiger partial charge in [-0.2, -0.15) is 0 Å². The van der Waals surface area contributed by atoms with Gasteiger partial charge in [0.1, 0.15) is 0 Å². The van der Waals surface area contributed by atoms with Gasteiger partial charge in [-0.05, 0) is 18.2 Å². The molecule has 1 unspecified atom stereocenters. The highest BCUT2D eigenvalue weighted by atomic mass is 16.7. The van der Waals surface area contributed by atoms with Gasteiger partial charge in [-0.25, -0.2) is 0 Å². The summed E-state index contributed by atoms with van der Waals surface area (Å²) < 4.78 is 15.8. The number of rotatable bonds is 3. The van der Waals surface area contributed by atoms with Crippen LogP contribution >= 0.6 is 0 Å². The Balaban J connectivity index is 1.71. The molecule has 1 amide bonds. The Morgan fingerprint density at radius 1 is 1.29 bits per heavy atom. The van der Waals surface area contributed by atoms with E-state index in [0.29, 0.717) is 30.2 Å². The number of aliphatic carboxylic acids is 1. The second-order valence-corrected chi connectivity index (χ2v) is 4.91. The van der Waals surface area contributed by atoms with Gasteiger partial charge in [0.15, 0.2) is 11.5 Å². The number of benzene rings is 1. The molecule has 1 saturated heterocycles. The molecule has 112 valence electrons. The predicted molar refractivity (Wildman–Crippen MR) is 70.5 cm³/mol. The second-order valence-electron chi connectivity index (χ2n) is 4.91. The van der Waals surface area contributed by atoms with Crippen molar-refractivity contribution in [2.75, 3.05) is 26.5 Å². The average molecular weight is 293 g/mol. The minimum Gasteiger partial charge on any atom is -0.481 e. The van der Waals surface area contributed by atoms with Crippen LogP contribution in [0.2, 0.25) is 0 Å². The first kappa shape index (κ1) is 13.7. The van der Waals surface area contributed by atoms with Crippen molar-refractivity contribution in [2.45, 2.75) is 12.5 Å². The molecule has 0 bridgehead atoms. The zero-order valence-corrected chi connectivity index (χ0v) is 11.3. The number of hydrogen-bond acceptors (Lipinski definition) is 5. The van der Waals surface area contributed by atoms with Crippen molar-refractivity contribution in [1.29, 1.82) is 0 Å². The van der Waals surface area contributed by atoms with E-state index in [1.807, 2.05) is 0 Å². The minimum atomic E-state index is -0.933. The monoisotopic (exact) mass is 293 g/mol. The summed E-state index contributed by atoms with van der Waals surface area (Å²) in [5.41, 5.74) is 0.496. The normalized spacial score (nSPS) is 20.4. The van der Waals surface area contributed by atoms with Gasteiger partial charge >= 0.3 is 5.97 Å². The molecule has 1 fully saturated rings. The molecule has 2 aliphatic heterocycles. The molecule has 0 aromatic heterocycles. The van der Waals surface area contributed by atoms with E-state index in [1.165, 1.54) is 0 Å². The molecule has 1 N–H and O–H groups in total. The lowest BCUT2D eigenvalue weighted by Crippen LogP contribution is -2.46. The average Bonchev–Trinajstić information content (AvgIpc) is 2.93. The van der Waals surface area contributed by atoms with Gasteiger partial charge in [-0.1, -0.05) is 0 Å². The predicted octanol–water partition coefficient (Wildman–Crippen LogP) is 0.731. The summed E-state index contributed by atoms with van der Waals surface area (Å²) in [6.45, 7) is 1.22. The third-order valence-electron chi connectivity index (χ3n) is 3.45. The van der Waals surface area contributed by atoms with Crippen molar-refractivity contribution < 1.29 is 28.9 Å². The molecule has 7 heteroatoms. The quantitative estimate of drug-likeness (QED) is 0.884. The van der Waals surface area contributed by atoms with Crippen LogP contribution in [0.15, 0.2) is 18.2 Å². The lowest BCUT2D eigenvalue weighted by atomic mass is 10.1. The zero-order chi connectivity index (χ0) is 14.8. The fourth-order valence-corrected chi connectivity index (χ4v) is 2.43. The van der Waals surface area contributed by atoms with E-state index in [2.05, 4.69) is 0 Å². The number of carboxylic acid groups (broad SMARTS) is 1. The van der Waals surface area contributed by atoms with Crippen LogP contribution in [0.5, 0.6) is 11.5 Å². The number of morpholine rings is 1. The first-order chi connectivity index (χ1) is 10.1. The third kappa shape index (κ3) is 2.92. The van der Waals surface area contributed by atoms with E-state index in [0.717, 1.165) is 0 Å². The number of amides is 1. The second kappa shape index (κ2) is 5.61. The van der Waals surface area contributed by atoms with Gasteiger partial charge in [0.2, 0.25) is 6.79 Å². The largest absolute Gasteiger partial charge is 0.481 e. The van der Waals surface area contributed by atoms with E-state index < -0.39 is 12.1 Å². The van der Waals surface area contributed by atoms with Crippen LogP contribution in [-0.4, -0.2) is 54.5 Å². The Morgan fingerprint density at radius 3 is 2.90 bits per heavy atom. The van der Waals surface area contributed by atoms with E-state index in [1.54, 1.807) is 23.1 Å². The van der Waals surface area contributed by atoms with Crippen molar-refractivity contribution in [3.05, 3.63) is 23.8 Å². The maximum Gasteiger partial charge on any atom is 0.306 e. The van der Waals surface area contributed by atoms with E-state index in [9.17, 15) is 9.59 Å². The van der Waals surface area contributed by atoms with Gasteiger partial charge in [0, 0.05) is 18.7 Å². The van der Waals surface area contributed by atoms with Crippen LogP contribution in [0.3, 0.4) is 0 Å². The first-order valence-electron chi connectivity index (χ1n) is 6.66. The molecule has 2 aliphatic rings. The molecule has 0 saturated carbocycles. The molecule has 3 rings (SSSR count). The lowest BCUT2D eigenvalue weighted by Gasteiger charge is -2.32. The topological polar surface area (TPSA) is 85.3 Å². The minimum absolute atomic E-state index is 0.106. The molecule has 1 aromatic carbocycles. The summed E-state index contributed by atoms with van der Waals surface area (Å²) in [7, 11) is 0. The van der Waals surface area contributed by atoms with Gasteiger partial charge < -0.3 is 24.2 Å². The fourth-order valence-electron chi connectivity index (χ4n) is 2.43. The summed E-state index contributed by atoms with van der Waals surface area (Å²) in [5, 5.41) is 8.80. The zero-order valence-electron chi connectivity index (χ0n) is 11.3. The maximum atomic E-state index is 12.5. The summed E-state index contributed by atoms with van der Waals surface area (Å²) in [6, 6.07) is 5.02. The number of carbonyl (C=O) groups excluding carboxylic acids is 1. The van der Waals surface area contributed by atoms with Crippen LogP contribution in [0, 0.1) is 0 Å². The smallest absolute Gasteiger partial charge is 0.306 e. The summed E-state index contributed by atoms with van der Waals surface area (Å²) in [6.07, 6.45) is -0.570. The Kier molecular flexibility index (Phi) is 3.66.